The van der Waals surface area contributed by atoms with E-state index in [1.54, 1.807) is 4.57 Å². The van der Waals surface area contributed by atoms with Crippen LogP contribution in [-0.4, -0.2) is 50.0 Å². The Hall–Kier alpha value is -2.92. The number of nitrogens with zero attached hydrogens (tertiary/aromatic N) is 4. The minimum Gasteiger partial charge on any atom is -0.393 e. The monoisotopic (exact) mass is 453 g/mol. The summed E-state index contributed by atoms with van der Waals surface area (Å²) in [4.78, 5) is 12.9. The van der Waals surface area contributed by atoms with Gasteiger partial charge in [0.15, 0.2) is 17.3 Å². The van der Waals surface area contributed by atoms with Crippen LogP contribution in [0.5, 0.6) is 0 Å². The van der Waals surface area contributed by atoms with Gasteiger partial charge in [0.05, 0.1) is 26.3 Å². The van der Waals surface area contributed by atoms with Gasteiger partial charge >= 0.3 is 0 Å². The number of imidazole rings is 1. The zero-order chi connectivity index (χ0) is 26.7. The lowest BCUT2D eigenvalue weighted by Crippen LogP contribution is -2.29. The summed E-state index contributed by atoms with van der Waals surface area (Å²) in [6.07, 6.45) is -6.63. The molecule has 3 N–H and O–H groups in total. The second kappa shape index (κ2) is 8.55. The van der Waals surface area contributed by atoms with Crippen molar-refractivity contribution in [1.29, 1.82) is 0 Å². The predicted molar refractivity (Wildman–Crippen MR) is 111 cm³/mol. The molecule has 2 aromatic heterocycles. The van der Waals surface area contributed by atoms with Crippen molar-refractivity contribution in [1.82, 2.24) is 19.5 Å². The molecule has 5 atom stereocenters. The van der Waals surface area contributed by atoms with Crippen molar-refractivity contribution in [3.8, 4) is 0 Å². The topological polar surface area (TPSA) is 97.1 Å². The minimum absolute atomic E-state index is 0.00165. The van der Waals surface area contributed by atoms with E-state index in [1.165, 1.54) is 6.20 Å². The average Bonchev–Trinajstić information content (AvgIpc) is 3.44. The zero-order valence-corrected chi connectivity index (χ0v) is 16.6. The average molecular weight is 453 g/mol. The molecule has 0 bridgehead atoms. The molecule has 32 heavy (non-hydrogen) atoms. The summed E-state index contributed by atoms with van der Waals surface area (Å²) < 4.78 is 89.6. The molecule has 0 amide bonds. The maximum atomic E-state index is 14.3. The molecule has 1 aliphatic carbocycles. The van der Waals surface area contributed by atoms with Crippen LogP contribution in [0.2, 0.25) is 0 Å². The van der Waals surface area contributed by atoms with Gasteiger partial charge in [0, 0.05) is 30.3 Å². The third-order valence-corrected chi connectivity index (χ3v) is 5.22. The summed E-state index contributed by atoms with van der Waals surface area (Å²) in [7, 11) is 0. The van der Waals surface area contributed by atoms with Gasteiger partial charge in [-0.05, 0) is 32.0 Å². The number of anilines is 3. The van der Waals surface area contributed by atoms with Crippen LogP contribution < -0.4 is 10.6 Å². The van der Waals surface area contributed by atoms with Crippen LogP contribution in [0.25, 0.3) is 11.2 Å². The van der Waals surface area contributed by atoms with Gasteiger partial charge in [-0.2, -0.15) is 4.98 Å². The maximum Gasteiger partial charge on any atom is 0.224 e. The van der Waals surface area contributed by atoms with Crippen LogP contribution >= 0.6 is 0 Å². The van der Waals surface area contributed by atoms with E-state index in [0.29, 0.717) is 25.2 Å². The Morgan fingerprint density at radius 2 is 2.00 bits per heavy atom. The summed E-state index contributed by atoms with van der Waals surface area (Å²) in [5.41, 5.74) is -0.161. The number of nitrogens with one attached hydrogen (secondary N) is 2. The van der Waals surface area contributed by atoms with Gasteiger partial charge in [-0.25, -0.2) is 23.1 Å². The lowest BCUT2D eigenvalue weighted by molar-refractivity contribution is 0.126. The van der Waals surface area contributed by atoms with Gasteiger partial charge in [0.1, 0.15) is 17.0 Å². The first-order valence-electron chi connectivity index (χ1n) is 12.6. The van der Waals surface area contributed by atoms with Crippen LogP contribution in [0.15, 0.2) is 18.3 Å². The van der Waals surface area contributed by atoms with Crippen molar-refractivity contribution >= 4 is 28.7 Å². The Labute approximate surface area is 188 Å². The Bertz CT molecular complexity index is 1320. The highest BCUT2D eigenvalue weighted by molar-refractivity contribution is 5.76. The summed E-state index contributed by atoms with van der Waals surface area (Å²) in [5, 5.41) is 15.4. The van der Waals surface area contributed by atoms with Crippen LogP contribution in [-0.2, 0) is 4.74 Å². The van der Waals surface area contributed by atoms with Crippen molar-refractivity contribution in [2.24, 2.45) is 0 Å². The van der Waals surface area contributed by atoms with Crippen molar-refractivity contribution in [2.45, 2.75) is 50.2 Å². The van der Waals surface area contributed by atoms with Gasteiger partial charge < -0.3 is 20.5 Å². The van der Waals surface area contributed by atoms with Gasteiger partial charge in [0.2, 0.25) is 11.9 Å². The van der Waals surface area contributed by atoms with Crippen molar-refractivity contribution in [2.75, 3.05) is 23.8 Å². The fourth-order valence-electron chi connectivity index (χ4n) is 3.68. The van der Waals surface area contributed by atoms with E-state index >= 15 is 0 Å². The highest BCUT2D eigenvalue weighted by Gasteiger charge is 2.27. The second-order valence-corrected chi connectivity index (χ2v) is 7.45. The first-order chi connectivity index (χ1) is 17.4. The summed E-state index contributed by atoms with van der Waals surface area (Å²) in [6, 6.07) is -0.579. The zero-order valence-electron chi connectivity index (χ0n) is 21.6. The molecule has 3 heterocycles. The first-order valence-corrected chi connectivity index (χ1v) is 9.95. The fraction of sp³-hybridized carbons (Fsp3) is 0.476. The molecular weight excluding hydrogens is 425 g/mol. The van der Waals surface area contributed by atoms with Gasteiger partial charge in [-0.15, -0.1) is 0 Å². The molecule has 170 valence electrons. The Balaban J connectivity index is 1.53. The molecule has 8 nitrogen and oxygen atoms in total. The van der Waals surface area contributed by atoms with Crippen LogP contribution in [0.3, 0.4) is 0 Å². The molecule has 2 fully saturated rings. The van der Waals surface area contributed by atoms with E-state index in [-0.39, 0.29) is 35.7 Å². The summed E-state index contributed by atoms with van der Waals surface area (Å²) in [6.45, 7) is 0.673. The molecule has 2 aliphatic rings. The Kier molecular flexibility index (Phi) is 4.22. The standard InChI is InChI=1S/C21H23F3N6O2/c22-11-7-15(23)18(16(24)8-11)28-21-27-17-9-25-20(26-12-1-3-14(31)4-2-12)29-19(17)30(21)13-5-6-32-10-13/h7-9,12-14,31H,1-6,10H2,(H,27,28)(H,25,26,29)/i1D,2D2,3D,14D. The molecule has 11 heteroatoms. The van der Waals surface area contributed by atoms with E-state index in [0.717, 1.165) is 0 Å². The van der Waals surface area contributed by atoms with Gasteiger partial charge in [-0.3, -0.25) is 4.57 Å². The van der Waals surface area contributed by atoms with Gasteiger partial charge in [-0.1, -0.05) is 0 Å². The number of hydrogen-bond donors (Lipinski definition) is 3. The van der Waals surface area contributed by atoms with Crippen LogP contribution in [0, 0.1) is 17.5 Å². The molecule has 0 spiro atoms. The van der Waals surface area contributed by atoms with Crippen molar-refractivity contribution < 1.29 is 29.9 Å². The number of rotatable bonds is 5. The lowest BCUT2D eigenvalue weighted by atomic mass is 9.93. The number of aromatic nitrogens is 4. The van der Waals surface area contributed by atoms with Crippen molar-refractivity contribution in [3.05, 3.63) is 35.8 Å². The van der Waals surface area contributed by atoms with Crippen LogP contribution in [0.1, 0.15) is 44.9 Å². The Morgan fingerprint density at radius 3 is 2.75 bits per heavy atom. The number of fused-ring (bicyclic) bond motifs is 1. The molecule has 1 saturated heterocycles. The second-order valence-electron chi connectivity index (χ2n) is 7.45. The normalized spacial score (nSPS) is 34.3. The quantitative estimate of drug-likeness (QED) is 0.542. The first kappa shape index (κ1) is 15.8. The SMILES string of the molecule is [2H]C1C(Nc2ncc3nc(Nc4c(F)cc(F)cc4F)n(C4CCOC4)c3n2)C([2H])([2H])CC([2H])(O)C1[2H]. The molecule has 1 saturated carbocycles. The highest BCUT2D eigenvalue weighted by atomic mass is 19.1. The third-order valence-electron chi connectivity index (χ3n) is 5.22. The van der Waals surface area contributed by atoms with Gasteiger partial charge in [0.25, 0.3) is 0 Å². The Morgan fingerprint density at radius 1 is 1.19 bits per heavy atom. The van der Waals surface area contributed by atoms with E-state index in [2.05, 4.69) is 25.6 Å². The number of aliphatic hydroxyl groups is 1. The molecular formula is C21H23F3N6O2. The third kappa shape index (κ3) is 4.09. The lowest BCUT2D eigenvalue weighted by Gasteiger charge is -2.26. The van der Waals surface area contributed by atoms with E-state index in [4.69, 9.17) is 11.6 Å². The minimum atomic E-state index is -2.43. The molecule has 5 rings (SSSR count). The highest BCUT2D eigenvalue weighted by Crippen LogP contribution is 2.32. The van der Waals surface area contributed by atoms with Crippen molar-refractivity contribution in [3.63, 3.8) is 0 Å². The fourth-order valence-corrected chi connectivity index (χ4v) is 3.68. The number of halogens is 3. The predicted octanol–water partition coefficient (Wildman–Crippen LogP) is 3.66. The molecule has 3 aromatic rings. The maximum absolute atomic E-state index is 14.3. The summed E-state index contributed by atoms with van der Waals surface area (Å²) >= 11 is 0. The summed E-state index contributed by atoms with van der Waals surface area (Å²) in [5.74, 6) is -3.50. The van der Waals surface area contributed by atoms with E-state index in [9.17, 15) is 18.3 Å². The van der Waals surface area contributed by atoms with E-state index in [1.807, 2.05) is 0 Å². The number of ether oxygens (including phenoxy) is 1. The molecule has 5 unspecified atom stereocenters. The molecule has 0 radical (unpaired) electrons. The van der Waals surface area contributed by atoms with Crippen LogP contribution in [0.4, 0.5) is 30.8 Å². The number of hydrogen-bond acceptors (Lipinski definition) is 7. The van der Waals surface area contributed by atoms with E-state index < -0.39 is 60.8 Å². The smallest absolute Gasteiger partial charge is 0.224 e. The number of benzene rings is 1. The largest absolute Gasteiger partial charge is 0.393 e. The molecule has 1 aromatic carbocycles. The molecule has 1 aliphatic heterocycles.